The smallest absolute Gasteiger partial charge is 0.346 e. The molecule has 0 N–H and O–H groups in total. The highest BCUT2D eigenvalue weighted by molar-refractivity contribution is 5.92. The molecule has 0 bridgehead atoms. The number of methoxy groups -OCH3 is 1. The van der Waals surface area contributed by atoms with Crippen LogP contribution in [-0.2, 0) is 0 Å². The summed E-state index contributed by atoms with van der Waals surface area (Å²) in [5.74, 6) is -9.88. The van der Waals surface area contributed by atoms with Gasteiger partial charge in [-0.3, -0.25) is 0 Å². The zero-order chi connectivity index (χ0) is 16.4. The number of carbonyl (C=O) groups is 1. The second-order valence-corrected chi connectivity index (χ2v) is 4.06. The summed E-state index contributed by atoms with van der Waals surface area (Å²) < 4.78 is 75.2. The van der Waals surface area contributed by atoms with E-state index in [0.717, 1.165) is 7.11 Å². The molecule has 0 amide bonds. The van der Waals surface area contributed by atoms with Crippen LogP contribution in [0.15, 0.2) is 24.3 Å². The van der Waals surface area contributed by atoms with Gasteiger partial charge in [-0.15, -0.1) is 0 Å². The zero-order valence-corrected chi connectivity index (χ0v) is 10.9. The number of hydrogen-bond acceptors (Lipinski definition) is 3. The molecule has 0 atom stereocenters. The number of ether oxygens (including phenoxy) is 2. The number of esters is 1. The Morgan fingerprint density at radius 1 is 0.909 bits per heavy atom. The van der Waals surface area contributed by atoms with E-state index in [4.69, 9.17) is 0 Å². The Morgan fingerprint density at radius 3 is 2.05 bits per heavy atom. The van der Waals surface area contributed by atoms with Crippen LogP contribution in [0.25, 0.3) is 0 Å². The summed E-state index contributed by atoms with van der Waals surface area (Å²) in [5, 5.41) is 0. The van der Waals surface area contributed by atoms with Crippen LogP contribution < -0.4 is 9.47 Å². The van der Waals surface area contributed by atoms with Crippen LogP contribution in [0.5, 0.6) is 11.5 Å². The van der Waals surface area contributed by atoms with Gasteiger partial charge in [0.2, 0.25) is 5.82 Å². The summed E-state index contributed by atoms with van der Waals surface area (Å²) in [6.07, 6.45) is 0. The maximum atomic E-state index is 13.8. The summed E-state index contributed by atoms with van der Waals surface area (Å²) >= 11 is 0. The van der Waals surface area contributed by atoms with Crippen molar-refractivity contribution in [2.75, 3.05) is 7.11 Å². The van der Waals surface area contributed by atoms with E-state index in [0.29, 0.717) is 18.2 Å². The Morgan fingerprint density at radius 2 is 1.50 bits per heavy atom. The van der Waals surface area contributed by atoms with Crippen molar-refractivity contribution in [3.05, 3.63) is 58.9 Å². The molecule has 0 fully saturated rings. The quantitative estimate of drug-likeness (QED) is 0.375. The predicted molar refractivity (Wildman–Crippen MR) is 64.2 cm³/mol. The number of benzene rings is 2. The van der Waals surface area contributed by atoms with Crippen molar-refractivity contribution in [3.63, 3.8) is 0 Å². The van der Waals surface area contributed by atoms with Gasteiger partial charge in [-0.05, 0) is 6.07 Å². The molecule has 0 aliphatic heterocycles. The molecule has 2 rings (SSSR count). The molecule has 0 unspecified atom stereocenters. The van der Waals surface area contributed by atoms with Crippen molar-refractivity contribution >= 4 is 5.97 Å². The Bertz CT molecular complexity index is 725. The van der Waals surface area contributed by atoms with Gasteiger partial charge in [-0.2, -0.15) is 4.39 Å². The van der Waals surface area contributed by atoms with Gasteiger partial charge in [-0.1, -0.05) is 0 Å². The number of rotatable bonds is 3. The second kappa shape index (κ2) is 6.00. The summed E-state index contributed by atoms with van der Waals surface area (Å²) in [6, 6.07) is 2.11. The molecule has 2 aromatic rings. The lowest BCUT2D eigenvalue weighted by Gasteiger charge is -2.09. The average Bonchev–Trinajstić information content (AvgIpc) is 2.42. The lowest BCUT2D eigenvalue weighted by molar-refractivity contribution is 0.0727. The lowest BCUT2D eigenvalue weighted by atomic mass is 10.2. The van der Waals surface area contributed by atoms with Crippen LogP contribution in [0.1, 0.15) is 10.4 Å². The number of carbonyl (C=O) groups excluding carboxylic acids is 1. The van der Waals surface area contributed by atoms with Crippen molar-refractivity contribution in [3.8, 4) is 11.5 Å². The minimum atomic E-state index is -1.62. The van der Waals surface area contributed by atoms with Gasteiger partial charge in [-0.25, -0.2) is 22.4 Å². The summed E-state index contributed by atoms with van der Waals surface area (Å²) in [7, 11) is 0.873. The third-order valence-electron chi connectivity index (χ3n) is 2.59. The largest absolute Gasteiger partial charge is 0.491 e. The molecule has 0 aromatic heterocycles. The van der Waals surface area contributed by atoms with Gasteiger partial charge < -0.3 is 9.47 Å². The van der Waals surface area contributed by atoms with Crippen LogP contribution in [0.2, 0.25) is 0 Å². The van der Waals surface area contributed by atoms with E-state index < -0.39 is 52.1 Å². The molecular formula is C14H7F5O3. The van der Waals surface area contributed by atoms with Crippen molar-refractivity contribution in [2.45, 2.75) is 0 Å². The molecule has 22 heavy (non-hydrogen) atoms. The Kier molecular flexibility index (Phi) is 4.30. The predicted octanol–water partition coefficient (Wildman–Crippen LogP) is 3.61. The maximum Gasteiger partial charge on any atom is 0.346 e. The first-order valence-corrected chi connectivity index (χ1v) is 5.73. The molecule has 0 radical (unpaired) electrons. The van der Waals surface area contributed by atoms with E-state index in [1.807, 2.05) is 0 Å². The van der Waals surface area contributed by atoms with Gasteiger partial charge in [0.1, 0.15) is 22.9 Å². The molecule has 0 aliphatic carbocycles. The minimum Gasteiger partial charge on any atom is -0.491 e. The molecular weight excluding hydrogens is 311 g/mol. The molecule has 8 heteroatoms. The minimum absolute atomic E-state index is 0.255. The molecule has 116 valence electrons. The standard InChI is InChI=1S/C14H7F5O3/c1-21-13-11(18)9(5-10(17)12(13)19)14(20)22-8-3-6(15)2-7(16)4-8/h2-5H,1H3. The molecule has 0 saturated carbocycles. The third-order valence-corrected chi connectivity index (χ3v) is 2.59. The van der Waals surface area contributed by atoms with E-state index in [1.165, 1.54) is 0 Å². The lowest BCUT2D eigenvalue weighted by Crippen LogP contribution is -2.13. The maximum absolute atomic E-state index is 13.8. The van der Waals surface area contributed by atoms with E-state index in [-0.39, 0.29) is 6.07 Å². The van der Waals surface area contributed by atoms with Gasteiger partial charge in [0.05, 0.1) is 7.11 Å². The fourth-order valence-corrected chi connectivity index (χ4v) is 1.66. The SMILES string of the molecule is COc1c(F)c(F)cc(C(=O)Oc2cc(F)cc(F)c2)c1F. The number of halogens is 5. The van der Waals surface area contributed by atoms with Gasteiger partial charge in [0.15, 0.2) is 17.4 Å². The molecule has 0 heterocycles. The van der Waals surface area contributed by atoms with Gasteiger partial charge in [0.25, 0.3) is 0 Å². The first-order valence-electron chi connectivity index (χ1n) is 5.73. The van der Waals surface area contributed by atoms with Crippen LogP contribution in [0, 0.1) is 29.1 Å². The average molecular weight is 318 g/mol. The van der Waals surface area contributed by atoms with E-state index in [1.54, 1.807) is 0 Å². The van der Waals surface area contributed by atoms with Crippen molar-refractivity contribution in [1.82, 2.24) is 0 Å². The normalized spacial score (nSPS) is 10.5. The van der Waals surface area contributed by atoms with Crippen LogP contribution in [0.3, 0.4) is 0 Å². The summed E-state index contributed by atoms with van der Waals surface area (Å²) in [5.41, 5.74) is -0.986. The first-order chi connectivity index (χ1) is 10.3. The number of hydrogen-bond donors (Lipinski definition) is 0. The highest BCUT2D eigenvalue weighted by Crippen LogP contribution is 2.28. The highest BCUT2D eigenvalue weighted by Gasteiger charge is 2.25. The zero-order valence-electron chi connectivity index (χ0n) is 10.9. The van der Waals surface area contributed by atoms with E-state index in [2.05, 4.69) is 9.47 Å². The fourth-order valence-electron chi connectivity index (χ4n) is 1.66. The molecule has 0 saturated heterocycles. The second-order valence-electron chi connectivity index (χ2n) is 4.06. The summed E-state index contributed by atoms with van der Waals surface area (Å²) in [6.45, 7) is 0. The Hall–Kier alpha value is -2.64. The van der Waals surface area contributed by atoms with Crippen molar-refractivity contribution in [1.29, 1.82) is 0 Å². The van der Waals surface area contributed by atoms with Gasteiger partial charge >= 0.3 is 5.97 Å². The molecule has 2 aromatic carbocycles. The van der Waals surface area contributed by atoms with Crippen molar-refractivity contribution < 1.29 is 36.2 Å². The molecule has 0 spiro atoms. The highest BCUT2D eigenvalue weighted by atomic mass is 19.2. The van der Waals surface area contributed by atoms with Crippen molar-refractivity contribution in [2.24, 2.45) is 0 Å². The Labute approximate surface area is 120 Å². The van der Waals surface area contributed by atoms with E-state index in [9.17, 15) is 26.7 Å². The first kappa shape index (κ1) is 15.7. The fraction of sp³-hybridized carbons (Fsp3) is 0.0714. The molecule has 0 aliphatic rings. The topological polar surface area (TPSA) is 35.5 Å². The Balaban J connectivity index is 2.39. The van der Waals surface area contributed by atoms with Crippen LogP contribution in [-0.4, -0.2) is 13.1 Å². The monoisotopic (exact) mass is 318 g/mol. The third kappa shape index (κ3) is 3.00. The van der Waals surface area contributed by atoms with Gasteiger partial charge in [0, 0.05) is 18.2 Å². The van der Waals surface area contributed by atoms with Crippen LogP contribution in [0.4, 0.5) is 22.0 Å². The molecule has 3 nitrogen and oxygen atoms in total. The summed E-state index contributed by atoms with van der Waals surface area (Å²) in [4.78, 5) is 11.7. The van der Waals surface area contributed by atoms with Crippen LogP contribution >= 0.6 is 0 Å². The van der Waals surface area contributed by atoms with E-state index >= 15 is 0 Å².